The molecule has 0 N–H and O–H groups in total. The Morgan fingerprint density at radius 2 is 1.79 bits per heavy atom. The molecule has 4 nitrogen and oxygen atoms in total. The lowest BCUT2D eigenvalue weighted by Crippen LogP contribution is -2.27. The summed E-state index contributed by atoms with van der Waals surface area (Å²) in [7, 11) is 0. The Bertz CT molecular complexity index is 946. The van der Waals surface area contributed by atoms with E-state index >= 15 is 0 Å². The highest BCUT2D eigenvalue weighted by Crippen LogP contribution is 2.32. The molecule has 0 unspecified atom stereocenters. The molecule has 0 spiro atoms. The first-order valence-corrected chi connectivity index (χ1v) is 10.9. The third-order valence-corrected chi connectivity index (χ3v) is 5.63. The highest BCUT2D eigenvalue weighted by molar-refractivity contribution is 7.98. The van der Waals surface area contributed by atoms with E-state index in [1.54, 1.807) is 29.7 Å². The molecular weight excluding hydrogens is 382 g/mol. The fraction of sp³-hybridized carbons (Fsp3) is 0.250. The van der Waals surface area contributed by atoms with Crippen LogP contribution in [-0.4, -0.2) is 36.2 Å². The molecule has 3 rings (SSSR count). The summed E-state index contributed by atoms with van der Waals surface area (Å²) in [5, 5.41) is 0. The molecule has 1 heterocycles. The van der Waals surface area contributed by atoms with Crippen LogP contribution < -0.4 is 0 Å². The summed E-state index contributed by atoms with van der Waals surface area (Å²) in [6, 6.07) is 17.9. The second-order valence-corrected chi connectivity index (χ2v) is 7.58. The van der Waals surface area contributed by atoms with Crippen LogP contribution in [0.25, 0.3) is 6.08 Å². The number of carbonyl (C=O) groups excluding carboxylic acids is 2. The molecule has 1 amide bonds. The summed E-state index contributed by atoms with van der Waals surface area (Å²) in [5.74, 6) is -0.608. The van der Waals surface area contributed by atoms with Crippen molar-refractivity contribution in [2.75, 3.05) is 19.4 Å². The topological polar surface area (TPSA) is 46.6 Å². The number of carbonyl (C=O) groups is 2. The summed E-state index contributed by atoms with van der Waals surface area (Å²) in [5.41, 5.74) is 3.43. The van der Waals surface area contributed by atoms with Crippen LogP contribution in [0.4, 0.5) is 0 Å². The monoisotopic (exact) mass is 407 g/mol. The van der Waals surface area contributed by atoms with Crippen molar-refractivity contribution in [2.24, 2.45) is 0 Å². The molecule has 0 saturated heterocycles. The molecule has 0 aliphatic carbocycles. The van der Waals surface area contributed by atoms with Crippen molar-refractivity contribution in [2.45, 2.75) is 25.2 Å². The van der Waals surface area contributed by atoms with Crippen LogP contribution in [-0.2, 0) is 20.7 Å². The second kappa shape index (κ2) is 9.61. The van der Waals surface area contributed by atoms with Crippen molar-refractivity contribution < 1.29 is 14.3 Å². The zero-order chi connectivity index (χ0) is 20.8. The van der Waals surface area contributed by atoms with Crippen LogP contribution in [0.2, 0.25) is 0 Å². The summed E-state index contributed by atoms with van der Waals surface area (Å²) < 4.78 is 5.24. The largest absolute Gasteiger partial charge is 0.462 e. The quantitative estimate of drug-likeness (QED) is 0.379. The van der Waals surface area contributed by atoms with Gasteiger partial charge in [0.1, 0.15) is 0 Å². The van der Waals surface area contributed by atoms with Crippen molar-refractivity contribution in [1.29, 1.82) is 0 Å². The fourth-order valence-corrected chi connectivity index (χ4v) is 3.76. The summed E-state index contributed by atoms with van der Waals surface area (Å²) in [6.45, 7) is 4.36. The van der Waals surface area contributed by atoms with Crippen LogP contribution >= 0.6 is 11.8 Å². The highest BCUT2D eigenvalue weighted by Gasteiger charge is 2.36. The van der Waals surface area contributed by atoms with Gasteiger partial charge >= 0.3 is 5.97 Å². The van der Waals surface area contributed by atoms with Gasteiger partial charge in [0.2, 0.25) is 0 Å². The van der Waals surface area contributed by atoms with E-state index in [9.17, 15) is 9.59 Å². The van der Waals surface area contributed by atoms with Gasteiger partial charge in [0, 0.05) is 17.1 Å². The number of amides is 1. The summed E-state index contributed by atoms with van der Waals surface area (Å²) in [6.07, 6.45) is 4.52. The van der Waals surface area contributed by atoms with Crippen LogP contribution in [0.15, 0.2) is 76.3 Å². The number of nitrogens with zero attached hydrogens (tertiary/aromatic N) is 1. The van der Waals surface area contributed by atoms with Gasteiger partial charge in [-0.1, -0.05) is 42.5 Å². The molecule has 1 aliphatic heterocycles. The van der Waals surface area contributed by atoms with E-state index in [2.05, 4.69) is 0 Å². The number of thioether (sulfide) groups is 1. The highest BCUT2D eigenvalue weighted by atomic mass is 32.2. The van der Waals surface area contributed by atoms with Crippen LogP contribution in [0.5, 0.6) is 0 Å². The minimum Gasteiger partial charge on any atom is -0.462 e. The molecule has 2 aromatic carbocycles. The average molecular weight is 408 g/mol. The van der Waals surface area contributed by atoms with Gasteiger partial charge in [-0.05, 0) is 55.9 Å². The van der Waals surface area contributed by atoms with E-state index in [0.717, 1.165) is 22.4 Å². The maximum absolute atomic E-state index is 13.2. The van der Waals surface area contributed by atoms with Gasteiger partial charge in [-0.2, -0.15) is 0 Å². The standard InChI is InChI=1S/C24H25NO3S/c1-4-28-24(27)22-17(2)25(15-14-18-8-6-5-7-9-18)23(26)21(22)16-19-10-12-20(29-3)13-11-19/h5-13,16H,4,14-15H2,1-3H3/b21-16-. The van der Waals surface area contributed by atoms with Crippen molar-refractivity contribution in [3.8, 4) is 0 Å². The lowest BCUT2D eigenvalue weighted by atomic mass is 10.0. The first-order chi connectivity index (χ1) is 14.0. The molecule has 0 saturated carbocycles. The first-order valence-electron chi connectivity index (χ1n) is 9.65. The van der Waals surface area contributed by atoms with Crippen LogP contribution in [0.1, 0.15) is 25.0 Å². The van der Waals surface area contributed by atoms with Crippen molar-refractivity contribution in [1.82, 2.24) is 4.90 Å². The van der Waals surface area contributed by atoms with E-state index < -0.39 is 5.97 Å². The Labute approximate surface area is 176 Å². The fourth-order valence-electron chi connectivity index (χ4n) is 3.35. The molecule has 5 heteroatoms. The number of hydrogen-bond donors (Lipinski definition) is 0. The van der Waals surface area contributed by atoms with E-state index in [1.165, 1.54) is 0 Å². The van der Waals surface area contributed by atoms with E-state index in [1.807, 2.05) is 67.8 Å². The number of ether oxygens (including phenoxy) is 1. The second-order valence-electron chi connectivity index (χ2n) is 6.70. The molecule has 150 valence electrons. The minimum absolute atomic E-state index is 0.157. The average Bonchev–Trinajstić information content (AvgIpc) is 2.97. The molecular formula is C24H25NO3S. The first kappa shape index (κ1) is 20.9. The zero-order valence-corrected chi connectivity index (χ0v) is 17.8. The number of hydrogen-bond acceptors (Lipinski definition) is 4. The molecule has 2 aromatic rings. The number of benzene rings is 2. The zero-order valence-electron chi connectivity index (χ0n) is 17.0. The molecule has 0 atom stereocenters. The van der Waals surface area contributed by atoms with Gasteiger partial charge in [0.05, 0.1) is 17.8 Å². The van der Waals surface area contributed by atoms with Crippen molar-refractivity contribution in [3.05, 3.63) is 82.6 Å². The van der Waals surface area contributed by atoms with Crippen molar-refractivity contribution in [3.63, 3.8) is 0 Å². The SMILES string of the molecule is CCOC(=O)C1=C(C)N(CCc2ccccc2)C(=O)/C1=C\c1ccc(SC)cc1. The lowest BCUT2D eigenvalue weighted by Gasteiger charge is -2.17. The minimum atomic E-state index is -0.451. The maximum Gasteiger partial charge on any atom is 0.340 e. The molecule has 0 radical (unpaired) electrons. The van der Waals surface area contributed by atoms with E-state index in [0.29, 0.717) is 23.4 Å². The molecule has 1 aliphatic rings. The number of esters is 1. The Kier molecular flexibility index (Phi) is 6.94. The molecule has 29 heavy (non-hydrogen) atoms. The molecule has 0 bridgehead atoms. The van der Waals surface area contributed by atoms with Gasteiger partial charge in [0.15, 0.2) is 0 Å². The van der Waals surface area contributed by atoms with Gasteiger partial charge in [0.25, 0.3) is 5.91 Å². The van der Waals surface area contributed by atoms with Crippen molar-refractivity contribution >= 4 is 29.7 Å². The predicted molar refractivity (Wildman–Crippen MR) is 117 cm³/mol. The van der Waals surface area contributed by atoms with Gasteiger partial charge < -0.3 is 9.64 Å². The van der Waals surface area contributed by atoms with E-state index in [4.69, 9.17) is 4.74 Å². The Hall–Kier alpha value is -2.79. The lowest BCUT2D eigenvalue weighted by molar-refractivity contribution is -0.138. The Morgan fingerprint density at radius 1 is 1.10 bits per heavy atom. The third kappa shape index (κ3) is 4.80. The number of rotatable bonds is 7. The normalized spacial score (nSPS) is 15.3. The van der Waals surface area contributed by atoms with Gasteiger partial charge in [-0.15, -0.1) is 11.8 Å². The van der Waals surface area contributed by atoms with Gasteiger partial charge in [-0.3, -0.25) is 4.79 Å². The maximum atomic E-state index is 13.2. The smallest absolute Gasteiger partial charge is 0.340 e. The number of allylic oxidation sites excluding steroid dienone is 1. The van der Waals surface area contributed by atoms with Gasteiger partial charge in [-0.25, -0.2) is 4.79 Å². The molecule has 0 aromatic heterocycles. The summed E-state index contributed by atoms with van der Waals surface area (Å²) in [4.78, 5) is 28.6. The Morgan fingerprint density at radius 3 is 2.41 bits per heavy atom. The van der Waals surface area contributed by atoms with Crippen LogP contribution in [0, 0.1) is 0 Å². The Balaban J connectivity index is 1.92. The van der Waals surface area contributed by atoms with Crippen LogP contribution in [0.3, 0.4) is 0 Å². The van der Waals surface area contributed by atoms with E-state index in [-0.39, 0.29) is 12.5 Å². The summed E-state index contributed by atoms with van der Waals surface area (Å²) >= 11 is 1.66. The third-order valence-electron chi connectivity index (χ3n) is 4.88. The molecule has 0 fully saturated rings. The predicted octanol–water partition coefficient (Wildman–Crippen LogP) is 4.71.